The molecule has 0 unspecified atom stereocenters. The third-order valence-corrected chi connectivity index (χ3v) is 7.21. The number of rotatable bonds is 12. The van der Waals surface area contributed by atoms with Gasteiger partial charge in [-0.3, -0.25) is 0 Å². The Hall–Kier alpha value is -4.57. The van der Waals surface area contributed by atoms with Crippen LogP contribution in [0.25, 0.3) is 11.4 Å². The molecule has 1 N–H and O–H groups in total. The van der Waals surface area contributed by atoms with Gasteiger partial charge in [0.05, 0.1) is 46.1 Å². The Morgan fingerprint density at radius 2 is 1.58 bits per heavy atom. The molecule has 0 aliphatic heterocycles. The number of hydrogen-bond donors (Lipinski definition) is 1. The Morgan fingerprint density at radius 3 is 2.26 bits per heavy atom. The van der Waals surface area contributed by atoms with Gasteiger partial charge in [-0.05, 0) is 55.2 Å². The second-order valence-corrected chi connectivity index (χ2v) is 9.91. The van der Waals surface area contributed by atoms with E-state index in [2.05, 4.69) is 10.3 Å². The SMILES string of the molecule is COC(=O)c1nc(-c2ccc(Cl)c(OC)c2F)nc(NCc2ccc(C)cc2OC)c1CCc1ccc(OC)cc1OC. The van der Waals surface area contributed by atoms with E-state index in [0.29, 0.717) is 48.0 Å². The lowest BCUT2D eigenvalue weighted by atomic mass is 10.0. The minimum atomic E-state index is -0.757. The van der Waals surface area contributed by atoms with Gasteiger partial charge in [0.25, 0.3) is 0 Å². The summed E-state index contributed by atoms with van der Waals surface area (Å²) in [7, 11) is 7.33. The Labute approximate surface area is 254 Å². The average Bonchev–Trinajstić information content (AvgIpc) is 3.02. The molecule has 0 amide bonds. The van der Waals surface area contributed by atoms with Crippen LogP contribution in [0.2, 0.25) is 5.02 Å². The summed E-state index contributed by atoms with van der Waals surface area (Å²) in [4.78, 5) is 22.3. The van der Waals surface area contributed by atoms with Gasteiger partial charge in [-0.1, -0.05) is 29.8 Å². The highest BCUT2D eigenvalue weighted by atomic mass is 35.5. The summed E-state index contributed by atoms with van der Waals surface area (Å²) in [6, 6.07) is 14.3. The van der Waals surface area contributed by atoms with Crippen LogP contribution in [0.15, 0.2) is 48.5 Å². The number of esters is 1. The molecule has 0 spiro atoms. The molecular weight excluding hydrogens is 577 g/mol. The zero-order chi connectivity index (χ0) is 31.1. The predicted molar refractivity (Wildman–Crippen MR) is 162 cm³/mol. The highest BCUT2D eigenvalue weighted by Crippen LogP contribution is 2.35. The molecule has 4 rings (SSSR count). The molecule has 11 heteroatoms. The molecule has 9 nitrogen and oxygen atoms in total. The van der Waals surface area contributed by atoms with Crippen molar-refractivity contribution < 1.29 is 32.9 Å². The standard InChI is InChI=1S/C32H33ClFN3O6/c1-18-7-8-20(25(15-18)40-3)17-35-30-23(12-10-19-9-11-21(39-2)16-26(19)41-4)28(32(38)43-6)36-31(37-30)22-13-14-24(33)29(42-5)27(22)34/h7-9,11,13-16H,10,12,17H2,1-6H3,(H,35,36,37). The van der Waals surface area contributed by atoms with Crippen molar-refractivity contribution in [1.82, 2.24) is 9.97 Å². The number of aryl methyl sites for hydroxylation is 2. The van der Waals surface area contributed by atoms with Crippen LogP contribution in [0.5, 0.6) is 23.0 Å². The number of carbonyl (C=O) groups is 1. The molecule has 3 aromatic carbocycles. The Kier molecular flexibility index (Phi) is 10.3. The van der Waals surface area contributed by atoms with E-state index < -0.39 is 11.8 Å². The summed E-state index contributed by atoms with van der Waals surface area (Å²) in [6.45, 7) is 2.27. The highest BCUT2D eigenvalue weighted by Gasteiger charge is 2.25. The van der Waals surface area contributed by atoms with Crippen LogP contribution in [0, 0.1) is 12.7 Å². The molecule has 0 saturated heterocycles. The fourth-order valence-corrected chi connectivity index (χ4v) is 4.86. The van der Waals surface area contributed by atoms with Gasteiger partial charge >= 0.3 is 5.97 Å². The summed E-state index contributed by atoms with van der Waals surface area (Å²) in [5, 5.41) is 3.42. The molecule has 0 radical (unpaired) electrons. The smallest absolute Gasteiger partial charge is 0.357 e. The Bertz CT molecular complexity index is 1630. The van der Waals surface area contributed by atoms with Crippen molar-refractivity contribution in [2.45, 2.75) is 26.3 Å². The first-order valence-electron chi connectivity index (χ1n) is 13.3. The minimum Gasteiger partial charge on any atom is -0.497 e. The van der Waals surface area contributed by atoms with Crippen LogP contribution in [0.1, 0.15) is 32.7 Å². The lowest BCUT2D eigenvalue weighted by molar-refractivity contribution is 0.0592. The maximum absolute atomic E-state index is 15.5. The van der Waals surface area contributed by atoms with Crippen LogP contribution in [-0.2, 0) is 24.1 Å². The summed E-state index contributed by atoms with van der Waals surface area (Å²) >= 11 is 6.13. The van der Waals surface area contributed by atoms with E-state index in [1.165, 1.54) is 26.4 Å². The number of hydrogen-bond acceptors (Lipinski definition) is 9. The highest BCUT2D eigenvalue weighted by molar-refractivity contribution is 6.32. The molecule has 0 aliphatic carbocycles. The van der Waals surface area contributed by atoms with Crippen molar-refractivity contribution in [2.24, 2.45) is 0 Å². The van der Waals surface area contributed by atoms with Crippen LogP contribution < -0.4 is 24.3 Å². The van der Waals surface area contributed by atoms with Crippen molar-refractivity contribution in [3.05, 3.63) is 87.3 Å². The molecule has 1 aromatic heterocycles. The first-order chi connectivity index (χ1) is 20.7. The molecule has 0 aliphatic rings. The topological polar surface area (TPSA) is 101 Å². The molecule has 226 valence electrons. The number of methoxy groups -OCH3 is 5. The largest absolute Gasteiger partial charge is 0.497 e. The van der Waals surface area contributed by atoms with Gasteiger partial charge in [-0.25, -0.2) is 19.2 Å². The zero-order valence-electron chi connectivity index (χ0n) is 24.8. The van der Waals surface area contributed by atoms with Gasteiger partial charge in [0.1, 0.15) is 23.1 Å². The normalized spacial score (nSPS) is 10.7. The number of nitrogens with one attached hydrogen (secondary N) is 1. The van der Waals surface area contributed by atoms with Gasteiger partial charge < -0.3 is 29.0 Å². The third-order valence-electron chi connectivity index (χ3n) is 6.91. The predicted octanol–water partition coefficient (Wildman–Crippen LogP) is 6.46. The van der Waals surface area contributed by atoms with E-state index in [1.807, 2.05) is 37.3 Å². The van der Waals surface area contributed by atoms with Crippen molar-refractivity contribution in [2.75, 3.05) is 40.9 Å². The summed E-state index contributed by atoms with van der Waals surface area (Å²) < 4.78 is 42.2. The number of halogens is 2. The summed E-state index contributed by atoms with van der Waals surface area (Å²) in [5.41, 5.74) is 3.26. The number of nitrogens with zero attached hydrogens (tertiary/aromatic N) is 2. The van der Waals surface area contributed by atoms with E-state index in [9.17, 15) is 4.79 Å². The van der Waals surface area contributed by atoms with E-state index in [4.69, 9.17) is 40.3 Å². The van der Waals surface area contributed by atoms with Gasteiger partial charge in [-0.15, -0.1) is 0 Å². The number of benzene rings is 3. The maximum atomic E-state index is 15.5. The first kappa shape index (κ1) is 31.4. The van der Waals surface area contributed by atoms with Gasteiger partial charge in [0.2, 0.25) is 0 Å². The van der Waals surface area contributed by atoms with Crippen LogP contribution >= 0.6 is 11.6 Å². The lowest BCUT2D eigenvalue weighted by Crippen LogP contribution is -2.16. The van der Waals surface area contributed by atoms with Gasteiger partial charge in [0.15, 0.2) is 23.1 Å². The summed E-state index contributed by atoms with van der Waals surface area (Å²) in [5.74, 6) is 0.644. The Morgan fingerprint density at radius 1 is 0.860 bits per heavy atom. The van der Waals surface area contributed by atoms with Crippen LogP contribution in [-0.4, -0.2) is 51.5 Å². The summed E-state index contributed by atoms with van der Waals surface area (Å²) in [6.07, 6.45) is 0.790. The van der Waals surface area contributed by atoms with Crippen molar-refractivity contribution in [3.8, 4) is 34.4 Å². The minimum absolute atomic E-state index is 0.00532. The lowest BCUT2D eigenvalue weighted by Gasteiger charge is -2.18. The zero-order valence-corrected chi connectivity index (χ0v) is 25.6. The van der Waals surface area contributed by atoms with Gasteiger partial charge in [-0.2, -0.15) is 0 Å². The molecule has 1 heterocycles. The molecule has 0 saturated carbocycles. The van der Waals surface area contributed by atoms with E-state index >= 15 is 4.39 Å². The second-order valence-electron chi connectivity index (χ2n) is 9.50. The third kappa shape index (κ3) is 6.91. The second kappa shape index (κ2) is 14.1. The fraction of sp³-hybridized carbons (Fsp3) is 0.281. The van der Waals surface area contributed by atoms with Gasteiger partial charge in [0, 0.05) is 23.7 Å². The maximum Gasteiger partial charge on any atom is 0.357 e. The molecule has 0 atom stereocenters. The monoisotopic (exact) mass is 609 g/mol. The van der Waals surface area contributed by atoms with E-state index in [0.717, 1.165) is 16.7 Å². The molecule has 43 heavy (non-hydrogen) atoms. The average molecular weight is 610 g/mol. The quantitative estimate of drug-likeness (QED) is 0.181. The van der Waals surface area contributed by atoms with E-state index in [1.54, 1.807) is 27.4 Å². The number of aromatic nitrogens is 2. The van der Waals surface area contributed by atoms with E-state index in [-0.39, 0.29) is 27.9 Å². The van der Waals surface area contributed by atoms with Crippen LogP contribution in [0.3, 0.4) is 0 Å². The van der Waals surface area contributed by atoms with Crippen molar-refractivity contribution >= 4 is 23.4 Å². The Balaban J connectivity index is 1.85. The molecule has 0 bridgehead atoms. The number of carbonyl (C=O) groups excluding carboxylic acids is 1. The molecule has 4 aromatic rings. The molecular formula is C32H33ClFN3O6. The fourth-order valence-electron chi connectivity index (χ4n) is 4.64. The number of anilines is 1. The van der Waals surface area contributed by atoms with Crippen LogP contribution in [0.4, 0.5) is 10.2 Å². The van der Waals surface area contributed by atoms with Crippen molar-refractivity contribution in [3.63, 3.8) is 0 Å². The first-order valence-corrected chi connectivity index (χ1v) is 13.7. The number of ether oxygens (including phenoxy) is 5. The van der Waals surface area contributed by atoms with Crippen molar-refractivity contribution in [1.29, 1.82) is 0 Å². The molecule has 0 fully saturated rings.